The summed E-state index contributed by atoms with van der Waals surface area (Å²) in [4.78, 5) is 16.5. The molecule has 0 spiro atoms. The van der Waals surface area contributed by atoms with Gasteiger partial charge >= 0.3 is 0 Å². The molecule has 2 aromatic carbocycles. The highest BCUT2D eigenvalue weighted by Crippen LogP contribution is 2.18. The maximum Gasteiger partial charge on any atom is 0.261 e. The van der Waals surface area contributed by atoms with E-state index < -0.39 is 6.10 Å². The van der Waals surface area contributed by atoms with Crippen molar-refractivity contribution in [3.8, 4) is 17.1 Å². The average molecular weight is 351 g/mol. The minimum atomic E-state index is -0.629. The van der Waals surface area contributed by atoms with E-state index in [1.54, 1.807) is 6.92 Å². The van der Waals surface area contributed by atoms with Gasteiger partial charge in [0.25, 0.3) is 5.91 Å². The van der Waals surface area contributed by atoms with Gasteiger partial charge in [-0.15, -0.1) is 0 Å². The minimum absolute atomic E-state index is 0.152. The largest absolute Gasteiger partial charge is 0.481 e. The summed E-state index contributed by atoms with van der Waals surface area (Å²) in [5, 5.41) is 6.72. The van der Waals surface area contributed by atoms with Crippen molar-refractivity contribution in [1.82, 2.24) is 15.5 Å². The standard InChI is InChI=1S/C20H21N3O3/c1-13-7-6-9-16(11-13)19-22-18(26-23-19)12-21-20(24)15(3)25-17-10-5-4-8-14(17)2/h4-11,15H,12H2,1-3H3,(H,21,24)/t15-/m1/s1. The molecule has 0 radical (unpaired) electrons. The number of ether oxygens (including phenoxy) is 1. The van der Waals surface area contributed by atoms with Gasteiger partial charge in [0.1, 0.15) is 5.75 Å². The third-order valence-electron chi connectivity index (χ3n) is 3.92. The second-order valence-electron chi connectivity index (χ2n) is 6.12. The maximum absolute atomic E-state index is 12.2. The molecule has 0 saturated carbocycles. The van der Waals surface area contributed by atoms with Crippen molar-refractivity contribution in [2.45, 2.75) is 33.4 Å². The number of para-hydroxylation sites is 1. The van der Waals surface area contributed by atoms with Gasteiger partial charge in [0.15, 0.2) is 6.10 Å². The molecule has 1 atom stereocenters. The van der Waals surface area contributed by atoms with Crippen LogP contribution in [-0.2, 0) is 11.3 Å². The molecule has 3 aromatic rings. The molecule has 1 aromatic heterocycles. The van der Waals surface area contributed by atoms with E-state index in [0.29, 0.717) is 17.5 Å². The van der Waals surface area contributed by atoms with E-state index in [-0.39, 0.29) is 12.5 Å². The van der Waals surface area contributed by atoms with Crippen LogP contribution in [0.2, 0.25) is 0 Å². The van der Waals surface area contributed by atoms with Crippen LogP contribution < -0.4 is 10.1 Å². The number of carbonyl (C=O) groups is 1. The zero-order chi connectivity index (χ0) is 18.5. The number of nitrogens with one attached hydrogen (secondary N) is 1. The van der Waals surface area contributed by atoms with Crippen molar-refractivity contribution in [3.63, 3.8) is 0 Å². The molecule has 26 heavy (non-hydrogen) atoms. The van der Waals surface area contributed by atoms with Crippen LogP contribution in [0.3, 0.4) is 0 Å². The first-order valence-corrected chi connectivity index (χ1v) is 8.42. The van der Waals surface area contributed by atoms with Crippen LogP contribution in [0.15, 0.2) is 53.1 Å². The van der Waals surface area contributed by atoms with Crippen LogP contribution in [-0.4, -0.2) is 22.2 Å². The lowest BCUT2D eigenvalue weighted by molar-refractivity contribution is -0.127. The molecule has 0 bridgehead atoms. The number of rotatable bonds is 6. The summed E-state index contributed by atoms with van der Waals surface area (Å²) in [5.74, 6) is 1.29. The van der Waals surface area contributed by atoms with Gasteiger partial charge < -0.3 is 14.6 Å². The fourth-order valence-electron chi connectivity index (χ4n) is 2.47. The highest BCUT2D eigenvalue weighted by Gasteiger charge is 2.17. The van der Waals surface area contributed by atoms with Crippen LogP contribution in [0.1, 0.15) is 23.9 Å². The monoisotopic (exact) mass is 351 g/mol. The first kappa shape index (κ1) is 17.7. The Bertz CT molecular complexity index is 905. The molecule has 0 aliphatic carbocycles. The van der Waals surface area contributed by atoms with Crippen molar-refractivity contribution >= 4 is 5.91 Å². The smallest absolute Gasteiger partial charge is 0.261 e. The van der Waals surface area contributed by atoms with Crippen LogP contribution in [0.25, 0.3) is 11.4 Å². The number of benzene rings is 2. The molecule has 1 amide bonds. The number of amides is 1. The molecule has 0 aliphatic rings. The number of nitrogens with zero attached hydrogens (tertiary/aromatic N) is 2. The van der Waals surface area contributed by atoms with E-state index in [2.05, 4.69) is 15.5 Å². The lowest BCUT2D eigenvalue weighted by Gasteiger charge is -2.15. The van der Waals surface area contributed by atoms with Gasteiger partial charge in [-0.2, -0.15) is 4.98 Å². The van der Waals surface area contributed by atoms with Gasteiger partial charge in [0.2, 0.25) is 11.7 Å². The lowest BCUT2D eigenvalue weighted by atomic mass is 10.1. The second kappa shape index (κ2) is 7.82. The normalized spacial score (nSPS) is 11.8. The summed E-state index contributed by atoms with van der Waals surface area (Å²) >= 11 is 0. The van der Waals surface area contributed by atoms with Crippen LogP contribution in [0.4, 0.5) is 0 Å². The van der Waals surface area contributed by atoms with Gasteiger partial charge in [0, 0.05) is 5.56 Å². The van der Waals surface area contributed by atoms with Gasteiger partial charge in [-0.25, -0.2) is 0 Å². The molecule has 0 aliphatic heterocycles. The fourth-order valence-corrected chi connectivity index (χ4v) is 2.47. The molecule has 1 heterocycles. The Hall–Kier alpha value is -3.15. The molecule has 0 fully saturated rings. The topological polar surface area (TPSA) is 77.2 Å². The Balaban J connectivity index is 1.57. The highest BCUT2D eigenvalue weighted by molar-refractivity contribution is 5.80. The summed E-state index contributed by atoms with van der Waals surface area (Å²) in [6.07, 6.45) is -0.629. The molecular formula is C20H21N3O3. The van der Waals surface area contributed by atoms with Crippen molar-refractivity contribution in [3.05, 3.63) is 65.5 Å². The van der Waals surface area contributed by atoms with E-state index in [0.717, 1.165) is 16.7 Å². The van der Waals surface area contributed by atoms with E-state index in [1.165, 1.54) is 0 Å². The van der Waals surface area contributed by atoms with Crippen molar-refractivity contribution in [2.24, 2.45) is 0 Å². The van der Waals surface area contributed by atoms with E-state index in [4.69, 9.17) is 9.26 Å². The molecular weight excluding hydrogens is 330 g/mol. The van der Waals surface area contributed by atoms with Gasteiger partial charge in [0.05, 0.1) is 6.54 Å². The van der Waals surface area contributed by atoms with E-state index in [1.807, 2.05) is 62.4 Å². The second-order valence-corrected chi connectivity index (χ2v) is 6.12. The zero-order valence-corrected chi connectivity index (χ0v) is 15.0. The molecule has 134 valence electrons. The SMILES string of the molecule is Cc1cccc(-c2noc(CNC(=O)[C@@H](C)Oc3ccccc3C)n2)c1. The quantitative estimate of drug-likeness (QED) is 0.736. The number of aryl methyl sites for hydroxylation is 2. The molecule has 0 saturated heterocycles. The first-order chi connectivity index (χ1) is 12.5. The van der Waals surface area contributed by atoms with Gasteiger partial charge in [-0.05, 0) is 38.5 Å². The van der Waals surface area contributed by atoms with Gasteiger partial charge in [-0.1, -0.05) is 47.1 Å². The van der Waals surface area contributed by atoms with Crippen LogP contribution >= 0.6 is 0 Å². The number of carbonyl (C=O) groups excluding carboxylic acids is 1. The van der Waals surface area contributed by atoms with E-state index >= 15 is 0 Å². The molecule has 6 heteroatoms. The van der Waals surface area contributed by atoms with Crippen LogP contribution in [0.5, 0.6) is 5.75 Å². The number of hydrogen-bond acceptors (Lipinski definition) is 5. The third kappa shape index (κ3) is 4.27. The summed E-state index contributed by atoms with van der Waals surface area (Å²) in [6, 6.07) is 15.4. The van der Waals surface area contributed by atoms with Gasteiger partial charge in [-0.3, -0.25) is 4.79 Å². The highest BCUT2D eigenvalue weighted by atomic mass is 16.5. The Morgan fingerprint density at radius 1 is 1.19 bits per heavy atom. The summed E-state index contributed by atoms with van der Waals surface area (Å²) in [6.45, 7) is 5.79. The molecule has 6 nitrogen and oxygen atoms in total. The van der Waals surface area contributed by atoms with Crippen molar-refractivity contribution in [2.75, 3.05) is 0 Å². The Kier molecular flexibility index (Phi) is 5.31. The van der Waals surface area contributed by atoms with Crippen LogP contribution in [0, 0.1) is 13.8 Å². The van der Waals surface area contributed by atoms with E-state index in [9.17, 15) is 4.79 Å². The molecule has 1 N–H and O–H groups in total. The Morgan fingerprint density at radius 2 is 2.00 bits per heavy atom. The van der Waals surface area contributed by atoms with Crippen molar-refractivity contribution < 1.29 is 14.1 Å². The molecule has 0 unspecified atom stereocenters. The summed E-state index contributed by atoms with van der Waals surface area (Å²) in [5.41, 5.74) is 2.97. The Labute approximate surface area is 152 Å². The summed E-state index contributed by atoms with van der Waals surface area (Å²) < 4.78 is 10.9. The maximum atomic E-state index is 12.2. The minimum Gasteiger partial charge on any atom is -0.481 e. The Morgan fingerprint density at radius 3 is 2.77 bits per heavy atom. The summed E-state index contributed by atoms with van der Waals surface area (Å²) in [7, 11) is 0. The number of hydrogen-bond donors (Lipinski definition) is 1. The predicted molar refractivity (Wildman–Crippen MR) is 97.6 cm³/mol. The predicted octanol–water partition coefficient (Wildman–Crippen LogP) is 3.44. The third-order valence-corrected chi connectivity index (χ3v) is 3.92. The van der Waals surface area contributed by atoms with Crippen molar-refractivity contribution in [1.29, 1.82) is 0 Å². The molecule has 3 rings (SSSR count). The average Bonchev–Trinajstić information content (AvgIpc) is 3.10. The number of aromatic nitrogens is 2. The zero-order valence-electron chi connectivity index (χ0n) is 15.0. The lowest BCUT2D eigenvalue weighted by Crippen LogP contribution is -2.36. The fraction of sp³-hybridized carbons (Fsp3) is 0.250. The first-order valence-electron chi connectivity index (χ1n) is 8.42.